The molecule has 2 aromatic carbocycles. The van der Waals surface area contributed by atoms with Gasteiger partial charge in [0.15, 0.2) is 0 Å². The number of fused-ring (bicyclic) bond motifs is 6. The van der Waals surface area contributed by atoms with Crippen molar-refractivity contribution in [1.82, 2.24) is 25.2 Å². The second-order valence-electron chi connectivity index (χ2n) is 12.1. The van der Waals surface area contributed by atoms with E-state index in [1.54, 1.807) is 0 Å². The van der Waals surface area contributed by atoms with E-state index in [2.05, 4.69) is 59.2 Å². The van der Waals surface area contributed by atoms with Crippen molar-refractivity contribution in [1.29, 1.82) is 0 Å². The number of aromatic hydroxyl groups is 1. The number of piperidine rings is 1. The zero-order valence-electron chi connectivity index (χ0n) is 23.3. The molecule has 2 bridgehead atoms. The highest BCUT2D eigenvalue weighted by Gasteiger charge is 2.44. The molecule has 0 aliphatic carbocycles. The van der Waals surface area contributed by atoms with Crippen molar-refractivity contribution in [2.24, 2.45) is 5.92 Å². The fourth-order valence-electron chi connectivity index (χ4n) is 7.16. The number of nitrogens with one attached hydrogen (secondary N) is 1. The number of benzene rings is 2. The number of phenolic OH excluding ortho intramolecular Hbond substituents is 1. The van der Waals surface area contributed by atoms with Crippen LogP contribution in [0, 0.1) is 5.92 Å². The van der Waals surface area contributed by atoms with Gasteiger partial charge in [-0.05, 0) is 67.4 Å². The lowest BCUT2D eigenvalue weighted by Crippen LogP contribution is -2.58. The number of aromatic nitrogens is 3. The lowest BCUT2D eigenvalue weighted by atomic mass is 9.91. The number of pyridine rings is 1. The molecule has 206 valence electrons. The highest BCUT2D eigenvalue weighted by molar-refractivity contribution is 6.03. The van der Waals surface area contributed by atoms with Gasteiger partial charge in [-0.3, -0.25) is 0 Å². The van der Waals surface area contributed by atoms with E-state index in [9.17, 15) is 5.11 Å². The summed E-state index contributed by atoms with van der Waals surface area (Å²) in [5, 5.41) is 17.4. The van der Waals surface area contributed by atoms with Crippen molar-refractivity contribution in [2.45, 2.75) is 37.9 Å². The predicted molar refractivity (Wildman–Crippen MR) is 158 cm³/mol. The van der Waals surface area contributed by atoms with Gasteiger partial charge in [0, 0.05) is 43.8 Å². The first-order valence-electron chi connectivity index (χ1n) is 14.5. The Kier molecular flexibility index (Phi) is 5.37. The number of aryl methyl sites for hydroxylation is 1. The van der Waals surface area contributed by atoms with E-state index in [0.717, 1.165) is 77.3 Å². The van der Waals surface area contributed by atoms with Gasteiger partial charge in [0.05, 0.1) is 17.3 Å². The summed E-state index contributed by atoms with van der Waals surface area (Å²) in [7, 11) is 4.26. The summed E-state index contributed by atoms with van der Waals surface area (Å²) < 4.78 is 6.55. The van der Waals surface area contributed by atoms with E-state index in [1.165, 1.54) is 12.0 Å². The summed E-state index contributed by atoms with van der Waals surface area (Å²) in [5.74, 6) is 3.05. The van der Waals surface area contributed by atoms with Crippen LogP contribution in [0.4, 0.5) is 11.8 Å². The molecular formula is C31H35N7O2. The number of rotatable bonds is 4. The summed E-state index contributed by atoms with van der Waals surface area (Å²) >= 11 is 0. The monoisotopic (exact) mass is 537 g/mol. The second kappa shape index (κ2) is 8.91. The molecule has 0 saturated carbocycles. The van der Waals surface area contributed by atoms with Crippen molar-refractivity contribution < 1.29 is 9.84 Å². The van der Waals surface area contributed by atoms with Crippen LogP contribution in [0.15, 0.2) is 36.4 Å². The van der Waals surface area contributed by atoms with Gasteiger partial charge in [-0.15, -0.1) is 0 Å². The Balaban J connectivity index is 1.34. The normalized spacial score (nSPS) is 23.9. The van der Waals surface area contributed by atoms with Crippen LogP contribution in [0.1, 0.15) is 18.9 Å². The van der Waals surface area contributed by atoms with Crippen LogP contribution in [0.3, 0.4) is 0 Å². The highest BCUT2D eigenvalue weighted by atomic mass is 16.5. The average Bonchev–Trinajstić information content (AvgIpc) is 3.23. The van der Waals surface area contributed by atoms with Crippen molar-refractivity contribution in [3.63, 3.8) is 0 Å². The maximum atomic E-state index is 10.7. The Morgan fingerprint density at radius 1 is 1.07 bits per heavy atom. The molecule has 0 spiro atoms. The molecule has 8 rings (SSSR count). The highest BCUT2D eigenvalue weighted by Crippen LogP contribution is 2.44. The van der Waals surface area contributed by atoms with Gasteiger partial charge in [-0.2, -0.15) is 4.98 Å². The number of hydrogen-bond donors (Lipinski definition) is 2. The molecular weight excluding hydrogens is 502 g/mol. The molecule has 40 heavy (non-hydrogen) atoms. The van der Waals surface area contributed by atoms with Gasteiger partial charge >= 0.3 is 0 Å². The van der Waals surface area contributed by atoms with Crippen LogP contribution >= 0.6 is 0 Å². The molecule has 9 nitrogen and oxygen atoms in total. The third-order valence-corrected chi connectivity index (χ3v) is 9.48. The summed E-state index contributed by atoms with van der Waals surface area (Å²) in [5.41, 5.74) is 3.72. The van der Waals surface area contributed by atoms with Crippen LogP contribution in [-0.4, -0.2) is 90.0 Å². The van der Waals surface area contributed by atoms with Crippen LogP contribution in [-0.2, 0) is 6.42 Å². The molecule has 9 heteroatoms. The van der Waals surface area contributed by atoms with Gasteiger partial charge in [0.1, 0.15) is 23.6 Å². The maximum Gasteiger partial charge on any atom is 0.228 e. The average molecular weight is 538 g/mol. The van der Waals surface area contributed by atoms with E-state index in [4.69, 9.17) is 19.7 Å². The predicted octanol–water partition coefficient (Wildman–Crippen LogP) is 3.42. The number of hydrogen-bond acceptors (Lipinski definition) is 9. The smallest absolute Gasteiger partial charge is 0.228 e. The molecule has 2 N–H and O–H groups in total. The van der Waals surface area contributed by atoms with E-state index >= 15 is 0 Å². The van der Waals surface area contributed by atoms with Crippen LogP contribution in [0.25, 0.3) is 32.9 Å². The fraction of sp³-hybridized carbons (Fsp3) is 0.452. The quantitative estimate of drug-likeness (QED) is 0.406. The Bertz CT molecular complexity index is 1650. The minimum Gasteiger partial charge on any atom is -0.508 e. The van der Waals surface area contributed by atoms with Gasteiger partial charge in [-0.1, -0.05) is 25.1 Å². The number of nitrogens with zero attached hydrogens (tertiary/aromatic N) is 6. The third kappa shape index (κ3) is 3.64. The van der Waals surface area contributed by atoms with E-state index < -0.39 is 0 Å². The molecule has 4 aromatic rings. The van der Waals surface area contributed by atoms with Crippen molar-refractivity contribution in [3.05, 3.63) is 42.0 Å². The molecule has 3 atom stereocenters. The Labute approximate surface area is 233 Å². The first kappa shape index (κ1) is 24.1. The van der Waals surface area contributed by atoms with Crippen molar-refractivity contribution >= 4 is 33.4 Å². The van der Waals surface area contributed by atoms with Crippen LogP contribution < -0.4 is 19.9 Å². The SMILES string of the molecule is CCc1cccc2cc(O)cc(-c3cc4nc(N5CC(N(C)C)C5)nc5c4c(n3)OCC3C4CN[C@@H](C4)CN53)c12. The lowest BCUT2D eigenvalue weighted by molar-refractivity contribution is 0.230. The number of ether oxygens (including phenoxy) is 1. The zero-order chi connectivity index (χ0) is 27.1. The summed E-state index contributed by atoms with van der Waals surface area (Å²) in [6, 6.07) is 13.2. The Morgan fingerprint density at radius 3 is 2.77 bits per heavy atom. The minimum atomic E-state index is 0.226. The Morgan fingerprint density at radius 2 is 1.95 bits per heavy atom. The summed E-state index contributed by atoms with van der Waals surface area (Å²) in [4.78, 5) is 22.5. The Hall–Kier alpha value is -3.69. The first-order valence-corrected chi connectivity index (χ1v) is 14.5. The molecule has 3 saturated heterocycles. The second-order valence-corrected chi connectivity index (χ2v) is 12.1. The van der Waals surface area contributed by atoms with E-state index in [1.807, 2.05) is 18.2 Å². The molecule has 4 aliphatic heterocycles. The first-order chi connectivity index (χ1) is 19.5. The molecule has 0 amide bonds. The summed E-state index contributed by atoms with van der Waals surface area (Å²) in [6.07, 6.45) is 2.06. The molecule has 6 heterocycles. The van der Waals surface area contributed by atoms with Gasteiger partial charge in [-0.25, -0.2) is 9.97 Å². The molecule has 3 fully saturated rings. The van der Waals surface area contributed by atoms with Crippen molar-refractivity contribution in [2.75, 3.05) is 56.7 Å². The van der Waals surface area contributed by atoms with E-state index in [-0.39, 0.29) is 11.8 Å². The molecule has 2 aromatic heterocycles. The minimum absolute atomic E-state index is 0.226. The van der Waals surface area contributed by atoms with Gasteiger partial charge < -0.3 is 29.9 Å². The molecule has 0 radical (unpaired) electrons. The topological polar surface area (TPSA) is 89.9 Å². The van der Waals surface area contributed by atoms with Crippen LogP contribution in [0.5, 0.6) is 11.6 Å². The van der Waals surface area contributed by atoms with E-state index in [0.29, 0.717) is 30.5 Å². The standard InChI is InChI=1S/C31H35N7O2/c1-4-17-6-5-7-18-9-22(39)10-23(27(17)18)24-11-25-28-29(35-31(34-25)37-14-21(15-37)36(2)3)38-13-20-8-19(12-32-20)26(38)16-40-30(28)33-24/h5-7,9-11,19-21,26,32,39H,4,8,12-16H2,1-3H3/t19?,20-,26?/m0/s1. The van der Waals surface area contributed by atoms with Crippen molar-refractivity contribution in [3.8, 4) is 22.9 Å². The number of phenols is 1. The maximum absolute atomic E-state index is 10.7. The fourth-order valence-corrected chi connectivity index (χ4v) is 7.16. The zero-order valence-corrected chi connectivity index (χ0v) is 23.3. The van der Waals surface area contributed by atoms with Gasteiger partial charge in [0.2, 0.25) is 11.8 Å². The number of likely N-dealkylation sites (N-methyl/N-ethyl adjacent to an activating group) is 1. The molecule has 4 aliphatic rings. The lowest BCUT2D eigenvalue weighted by Gasteiger charge is -2.43. The third-order valence-electron chi connectivity index (χ3n) is 9.48. The van der Waals surface area contributed by atoms with Crippen LogP contribution in [0.2, 0.25) is 0 Å². The number of anilines is 2. The summed E-state index contributed by atoms with van der Waals surface area (Å²) in [6.45, 7) is 6.48. The van der Waals surface area contributed by atoms with Gasteiger partial charge in [0.25, 0.3) is 0 Å². The molecule has 2 unspecified atom stereocenters. The largest absolute Gasteiger partial charge is 0.508 e.